The zero-order valence-electron chi connectivity index (χ0n) is 9.04. The number of hydrogen-bond acceptors (Lipinski definition) is 3. The Hall–Kier alpha value is -0.560. The van der Waals surface area contributed by atoms with Gasteiger partial charge in [-0.1, -0.05) is 11.6 Å². The molecule has 16 heavy (non-hydrogen) atoms. The molecule has 0 aliphatic carbocycles. The topological polar surface area (TPSA) is 42.4 Å². The van der Waals surface area contributed by atoms with Crippen LogP contribution in [-0.4, -0.2) is 29.1 Å². The van der Waals surface area contributed by atoms with Crippen molar-refractivity contribution in [2.75, 3.05) is 13.1 Å². The highest BCUT2D eigenvalue weighted by molar-refractivity contribution is 14.1. The van der Waals surface area contributed by atoms with Gasteiger partial charge in [0.15, 0.2) is 5.75 Å². The molecule has 0 aliphatic heterocycles. The van der Waals surface area contributed by atoms with Crippen LogP contribution in [0.5, 0.6) is 5.75 Å². The molecule has 1 aromatic rings. The van der Waals surface area contributed by atoms with Crippen molar-refractivity contribution >= 4 is 40.3 Å². The van der Waals surface area contributed by atoms with Crippen LogP contribution < -0.4 is 4.74 Å². The second-order valence-electron chi connectivity index (χ2n) is 2.95. The zero-order valence-corrected chi connectivity index (χ0v) is 11.9. The summed E-state index contributed by atoms with van der Waals surface area (Å²) in [7, 11) is 0. The smallest absolute Gasteiger partial charge is 0.406 e. The Kier molecular flexibility index (Phi) is 5.27. The van der Waals surface area contributed by atoms with Gasteiger partial charge in [0.05, 0.1) is 5.02 Å². The van der Waals surface area contributed by atoms with E-state index in [2.05, 4.69) is 4.98 Å². The average Bonchev–Trinajstić information content (AvgIpc) is 2.25. The number of carbonyl (C=O) groups is 1. The SMILES string of the molecule is CCN(CC)C(=O)Oc1c(Cl)ccnc1I. The Morgan fingerprint density at radius 1 is 1.56 bits per heavy atom. The molecular weight excluding hydrogens is 342 g/mol. The van der Waals surface area contributed by atoms with Crippen molar-refractivity contribution in [1.29, 1.82) is 0 Å². The Labute approximate surface area is 113 Å². The maximum atomic E-state index is 11.7. The molecule has 0 atom stereocenters. The Balaban J connectivity index is 2.84. The van der Waals surface area contributed by atoms with Crippen LogP contribution in [0.25, 0.3) is 0 Å². The van der Waals surface area contributed by atoms with Crippen LogP contribution in [0.1, 0.15) is 13.8 Å². The lowest BCUT2D eigenvalue weighted by Gasteiger charge is -2.18. The summed E-state index contributed by atoms with van der Waals surface area (Å²) in [4.78, 5) is 17.3. The number of hydrogen-bond donors (Lipinski definition) is 0. The molecule has 6 heteroatoms. The van der Waals surface area contributed by atoms with E-state index < -0.39 is 6.09 Å². The molecular formula is C10H12ClIN2O2. The van der Waals surface area contributed by atoms with Crippen LogP contribution in [0.3, 0.4) is 0 Å². The van der Waals surface area contributed by atoms with Gasteiger partial charge in [-0.15, -0.1) is 0 Å². The summed E-state index contributed by atoms with van der Waals surface area (Å²) in [5.74, 6) is 0.321. The minimum Gasteiger partial charge on any atom is -0.406 e. The quantitative estimate of drug-likeness (QED) is 0.618. The number of amides is 1. The van der Waals surface area contributed by atoms with Gasteiger partial charge in [-0.25, -0.2) is 9.78 Å². The summed E-state index contributed by atoms with van der Waals surface area (Å²) in [5, 5.41) is 0.389. The van der Waals surface area contributed by atoms with E-state index in [4.69, 9.17) is 16.3 Å². The minimum atomic E-state index is -0.405. The van der Waals surface area contributed by atoms with Crippen LogP contribution in [-0.2, 0) is 0 Å². The van der Waals surface area contributed by atoms with Gasteiger partial charge >= 0.3 is 6.09 Å². The third kappa shape index (κ3) is 3.21. The Morgan fingerprint density at radius 3 is 2.69 bits per heavy atom. The van der Waals surface area contributed by atoms with Crippen LogP contribution in [0, 0.1) is 3.70 Å². The van der Waals surface area contributed by atoms with E-state index in [1.807, 2.05) is 36.4 Å². The molecule has 1 rings (SSSR count). The van der Waals surface area contributed by atoms with Crippen LogP contribution in [0.4, 0.5) is 4.79 Å². The molecule has 0 aromatic carbocycles. The molecule has 0 fully saturated rings. The van der Waals surface area contributed by atoms with Crippen LogP contribution >= 0.6 is 34.2 Å². The van der Waals surface area contributed by atoms with E-state index in [9.17, 15) is 4.79 Å². The van der Waals surface area contributed by atoms with Gasteiger partial charge in [-0.3, -0.25) is 0 Å². The maximum absolute atomic E-state index is 11.7. The molecule has 1 amide bonds. The summed E-state index contributed by atoms with van der Waals surface area (Å²) in [5.41, 5.74) is 0. The second kappa shape index (κ2) is 6.24. The van der Waals surface area contributed by atoms with Gasteiger partial charge in [0, 0.05) is 19.3 Å². The third-order valence-corrected chi connectivity index (χ3v) is 3.09. The first-order valence-corrected chi connectivity index (χ1v) is 6.32. The molecule has 0 aliphatic rings. The van der Waals surface area contributed by atoms with Crippen LogP contribution in [0.15, 0.2) is 12.3 Å². The fourth-order valence-corrected chi connectivity index (χ4v) is 2.03. The van der Waals surface area contributed by atoms with Crippen molar-refractivity contribution in [2.45, 2.75) is 13.8 Å². The molecule has 0 radical (unpaired) electrons. The number of carbonyl (C=O) groups excluding carboxylic acids is 1. The molecule has 1 heterocycles. The number of halogens is 2. The van der Waals surface area contributed by atoms with Gasteiger partial charge in [0.25, 0.3) is 0 Å². The lowest BCUT2D eigenvalue weighted by atomic mass is 10.4. The predicted octanol–water partition coefficient (Wildman–Crippen LogP) is 3.18. The molecule has 0 saturated heterocycles. The van der Waals surface area contributed by atoms with E-state index >= 15 is 0 Å². The van der Waals surface area contributed by atoms with Gasteiger partial charge in [0.1, 0.15) is 3.70 Å². The molecule has 0 bridgehead atoms. The maximum Gasteiger partial charge on any atom is 0.415 e. The van der Waals surface area contributed by atoms with Crippen molar-refractivity contribution in [1.82, 2.24) is 9.88 Å². The minimum absolute atomic E-state index is 0.321. The summed E-state index contributed by atoms with van der Waals surface area (Å²) >= 11 is 7.90. The van der Waals surface area contributed by atoms with Crippen molar-refractivity contribution in [3.63, 3.8) is 0 Å². The van der Waals surface area contributed by atoms with Crippen molar-refractivity contribution < 1.29 is 9.53 Å². The van der Waals surface area contributed by atoms with E-state index in [-0.39, 0.29) is 0 Å². The first-order valence-electron chi connectivity index (χ1n) is 4.86. The molecule has 1 aromatic heterocycles. The van der Waals surface area contributed by atoms with Gasteiger partial charge in [-0.2, -0.15) is 0 Å². The van der Waals surface area contributed by atoms with Gasteiger partial charge in [0.2, 0.25) is 0 Å². The molecule has 0 N–H and O–H groups in total. The molecule has 4 nitrogen and oxygen atoms in total. The number of aromatic nitrogens is 1. The first kappa shape index (κ1) is 13.5. The molecule has 0 unspecified atom stereocenters. The van der Waals surface area contributed by atoms with Crippen LogP contribution in [0.2, 0.25) is 5.02 Å². The van der Waals surface area contributed by atoms with E-state index in [0.717, 1.165) is 0 Å². The fraction of sp³-hybridized carbons (Fsp3) is 0.400. The monoisotopic (exact) mass is 354 g/mol. The highest BCUT2D eigenvalue weighted by atomic mass is 127. The summed E-state index contributed by atoms with van der Waals surface area (Å²) < 4.78 is 5.78. The summed E-state index contributed by atoms with van der Waals surface area (Å²) in [6, 6.07) is 1.59. The average molecular weight is 355 g/mol. The summed E-state index contributed by atoms with van der Waals surface area (Å²) in [6.45, 7) is 4.98. The molecule has 0 spiro atoms. The molecule has 88 valence electrons. The number of pyridine rings is 1. The van der Waals surface area contributed by atoms with Crippen molar-refractivity contribution in [3.05, 3.63) is 21.0 Å². The normalized spacial score (nSPS) is 10.0. The highest BCUT2D eigenvalue weighted by Gasteiger charge is 2.16. The predicted molar refractivity (Wildman–Crippen MR) is 70.9 cm³/mol. The third-order valence-electron chi connectivity index (χ3n) is 2.02. The lowest BCUT2D eigenvalue weighted by molar-refractivity contribution is 0.157. The first-order chi connectivity index (χ1) is 7.60. The number of ether oxygens (including phenoxy) is 1. The standard InChI is InChI=1S/C10H12ClIN2O2/c1-3-14(4-2)10(15)16-8-7(11)5-6-13-9(8)12/h5-6H,3-4H2,1-2H3. The van der Waals surface area contributed by atoms with E-state index in [0.29, 0.717) is 27.6 Å². The van der Waals surface area contributed by atoms with Crippen molar-refractivity contribution in [3.8, 4) is 5.75 Å². The largest absolute Gasteiger partial charge is 0.415 e. The Bertz CT molecular complexity index is 363. The van der Waals surface area contributed by atoms with E-state index in [1.165, 1.54) is 0 Å². The fourth-order valence-electron chi connectivity index (χ4n) is 1.13. The number of rotatable bonds is 3. The molecule has 0 saturated carbocycles. The highest BCUT2D eigenvalue weighted by Crippen LogP contribution is 2.28. The van der Waals surface area contributed by atoms with E-state index in [1.54, 1.807) is 17.2 Å². The van der Waals surface area contributed by atoms with Crippen molar-refractivity contribution in [2.24, 2.45) is 0 Å². The lowest BCUT2D eigenvalue weighted by Crippen LogP contribution is -2.33. The Morgan fingerprint density at radius 2 is 2.19 bits per heavy atom. The van der Waals surface area contributed by atoms with Gasteiger partial charge < -0.3 is 9.64 Å². The van der Waals surface area contributed by atoms with Gasteiger partial charge in [-0.05, 0) is 42.5 Å². The second-order valence-corrected chi connectivity index (χ2v) is 4.38. The number of nitrogens with zero attached hydrogens (tertiary/aromatic N) is 2. The zero-order chi connectivity index (χ0) is 12.1. The summed E-state index contributed by atoms with van der Waals surface area (Å²) in [6.07, 6.45) is 1.16.